The first-order chi connectivity index (χ1) is 8.77. The molecule has 108 valence electrons. The first-order valence-corrected chi connectivity index (χ1v) is 5.82. The molecule has 0 atom stereocenters. The lowest BCUT2D eigenvalue weighted by Gasteiger charge is -2.08. The van der Waals surface area contributed by atoms with Crippen molar-refractivity contribution >= 4 is 17.6 Å². The van der Waals surface area contributed by atoms with Crippen molar-refractivity contribution in [2.75, 3.05) is 6.61 Å². The summed E-state index contributed by atoms with van der Waals surface area (Å²) in [5.41, 5.74) is -3.19. The quantitative estimate of drug-likeness (QED) is 0.853. The predicted octanol–water partition coefficient (Wildman–Crippen LogP) is 3.25. The largest absolute Gasteiger partial charge is 0.462 e. The highest BCUT2D eigenvalue weighted by molar-refractivity contribution is 6.33. The standard InChI is InChI=1S/C9H7ClF3NO3.C2H6/c1-2-17-8(16)6-4(10)3-5(9(11,12)13)14-7(6)15;1-2/h3H,2H2,1H3,(H,14,15);1-2H3. The van der Waals surface area contributed by atoms with Gasteiger partial charge < -0.3 is 9.72 Å². The average Bonchev–Trinajstić information content (AvgIpc) is 2.29. The zero-order chi connectivity index (χ0) is 15.2. The Morgan fingerprint density at radius 3 is 2.32 bits per heavy atom. The summed E-state index contributed by atoms with van der Waals surface area (Å²) < 4.78 is 41.3. The zero-order valence-electron chi connectivity index (χ0n) is 10.5. The maximum absolute atomic E-state index is 12.3. The van der Waals surface area contributed by atoms with E-state index in [1.807, 2.05) is 13.8 Å². The Balaban J connectivity index is 0.00000154. The van der Waals surface area contributed by atoms with Crippen molar-refractivity contribution in [1.29, 1.82) is 0 Å². The second-order valence-corrected chi connectivity index (χ2v) is 3.36. The van der Waals surface area contributed by atoms with E-state index in [2.05, 4.69) is 4.74 Å². The SMILES string of the molecule is CC.CCOC(=O)c1c(Cl)cc(C(F)(F)F)[nH]c1=O. The van der Waals surface area contributed by atoms with Gasteiger partial charge in [0.2, 0.25) is 0 Å². The Labute approximate surface area is 112 Å². The fourth-order valence-corrected chi connectivity index (χ4v) is 1.35. The molecule has 1 rings (SSSR count). The van der Waals surface area contributed by atoms with E-state index < -0.39 is 34.0 Å². The lowest BCUT2D eigenvalue weighted by Crippen LogP contribution is -2.24. The summed E-state index contributed by atoms with van der Waals surface area (Å²) in [4.78, 5) is 24.1. The van der Waals surface area contributed by atoms with E-state index in [-0.39, 0.29) is 6.61 Å². The van der Waals surface area contributed by atoms with E-state index in [9.17, 15) is 22.8 Å². The number of esters is 1. The van der Waals surface area contributed by atoms with Crippen LogP contribution in [0.25, 0.3) is 0 Å². The molecular weight excluding hydrogens is 287 g/mol. The van der Waals surface area contributed by atoms with Crippen molar-refractivity contribution in [2.45, 2.75) is 26.9 Å². The third-order valence-electron chi connectivity index (χ3n) is 1.77. The van der Waals surface area contributed by atoms with Crippen LogP contribution in [0.3, 0.4) is 0 Å². The Morgan fingerprint density at radius 1 is 1.42 bits per heavy atom. The monoisotopic (exact) mass is 299 g/mol. The number of alkyl halides is 3. The number of nitrogens with one attached hydrogen (secondary N) is 1. The summed E-state index contributed by atoms with van der Waals surface area (Å²) in [5, 5.41) is -0.598. The molecule has 0 aromatic carbocycles. The maximum Gasteiger partial charge on any atom is 0.431 e. The van der Waals surface area contributed by atoms with Crippen LogP contribution in [-0.2, 0) is 10.9 Å². The van der Waals surface area contributed by atoms with Gasteiger partial charge in [-0.05, 0) is 13.0 Å². The number of rotatable bonds is 2. The number of pyridine rings is 1. The molecule has 0 bridgehead atoms. The van der Waals surface area contributed by atoms with E-state index in [4.69, 9.17) is 11.6 Å². The third-order valence-corrected chi connectivity index (χ3v) is 2.07. The summed E-state index contributed by atoms with van der Waals surface area (Å²) in [6, 6.07) is 0.467. The molecule has 0 aliphatic heterocycles. The number of hydrogen-bond donors (Lipinski definition) is 1. The predicted molar refractivity (Wildman–Crippen MR) is 64.4 cm³/mol. The van der Waals surface area contributed by atoms with E-state index in [1.165, 1.54) is 11.9 Å². The van der Waals surface area contributed by atoms with Gasteiger partial charge in [0.05, 0.1) is 11.6 Å². The number of carbonyl (C=O) groups is 1. The third kappa shape index (κ3) is 4.59. The molecule has 0 aliphatic carbocycles. The first kappa shape index (κ1) is 17.5. The van der Waals surface area contributed by atoms with Crippen LogP contribution >= 0.6 is 11.6 Å². The maximum atomic E-state index is 12.3. The smallest absolute Gasteiger partial charge is 0.431 e. The molecule has 1 N–H and O–H groups in total. The lowest BCUT2D eigenvalue weighted by molar-refractivity contribution is -0.141. The van der Waals surface area contributed by atoms with Crippen LogP contribution in [-0.4, -0.2) is 17.6 Å². The topological polar surface area (TPSA) is 59.2 Å². The van der Waals surface area contributed by atoms with Crippen molar-refractivity contribution in [2.24, 2.45) is 0 Å². The minimum Gasteiger partial charge on any atom is -0.462 e. The fourth-order valence-electron chi connectivity index (χ4n) is 1.07. The molecule has 1 aromatic heterocycles. The van der Waals surface area contributed by atoms with E-state index in [0.717, 1.165) is 0 Å². The van der Waals surface area contributed by atoms with Crippen molar-refractivity contribution in [1.82, 2.24) is 4.98 Å². The molecule has 0 amide bonds. The molecule has 0 saturated carbocycles. The number of aromatic amines is 1. The highest BCUT2D eigenvalue weighted by atomic mass is 35.5. The van der Waals surface area contributed by atoms with Crippen molar-refractivity contribution in [3.8, 4) is 0 Å². The molecule has 8 heteroatoms. The summed E-state index contributed by atoms with van der Waals surface area (Å²) in [5.74, 6) is -1.06. The number of H-pyrrole nitrogens is 1. The molecular formula is C11H13ClF3NO3. The van der Waals surface area contributed by atoms with Crippen LogP contribution in [0.5, 0.6) is 0 Å². The van der Waals surface area contributed by atoms with Crippen molar-refractivity contribution in [3.63, 3.8) is 0 Å². The minimum atomic E-state index is -4.74. The van der Waals surface area contributed by atoms with E-state index >= 15 is 0 Å². The Bertz CT molecular complexity index is 497. The Kier molecular flexibility index (Phi) is 6.61. The van der Waals surface area contributed by atoms with Gasteiger partial charge in [0.1, 0.15) is 11.3 Å². The van der Waals surface area contributed by atoms with Gasteiger partial charge in [-0.25, -0.2) is 4.79 Å². The normalized spacial score (nSPS) is 10.5. The molecule has 0 fully saturated rings. The molecule has 0 unspecified atom stereocenters. The highest BCUT2D eigenvalue weighted by Crippen LogP contribution is 2.29. The number of carbonyl (C=O) groups excluding carboxylic acids is 1. The lowest BCUT2D eigenvalue weighted by atomic mass is 10.2. The van der Waals surface area contributed by atoms with Gasteiger partial charge in [0.15, 0.2) is 0 Å². The molecule has 4 nitrogen and oxygen atoms in total. The minimum absolute atomic E-state index is 0.0182. The van der Waals surface area contributed by atoms with Gasteiger partial charge in [-0.3, -0.25) is 4.79 Å². The second kappa shape index (κ2) is 7.18. The Hall–Kier alpha value is -1.50. The van der Waals surface area contributed by atoms with Crippen LogP contribution < -0.4 is 5.56 Å². The summed E-state index contributed by atoms with van der Waals surface area (Å²) in [7, 11) is 0. The van der Waals surface area contributed by atoms with Gasteiger partial charge in [0.25, 0.3) is 5.56 Å². The molecule has 0 aliphatic rings. The zero-order valence-corrected chi connectivity index (χ0v) is 11.3. The number of ether oxygens (including phenoxy) is 1. The number of aromatic nitrogens is 1. The molecule has 0 radical (unpaired) electrons. The number of hydrogen-bond acceptors (Lipinski definition) is 3. The summed E-state index contributed by atoms with van der Waals surface area (Å²) in [6.07, 6.45) is -4.74. The van der Waals surface area contributed by atoms with Crippen molar-refractivity contribution < 1.29 is 22.7 Å². The molecule has 1 aromatic rings. The van der Waals surface area contributed by atoms with Gasteiger partial charge in [0, 0.05) is 0 Å². The Morgan fingerprint density at radius 2 is 1.95 bits per heavy atom. The van der Waals surface area contributed by atoms with Crippen molar-refractivity contribution in [3.05, 3.63) is 32.7 Å². The number of halogens is 4. The van der Waals surface area contributed by atoms with E-state index in [0.29, 0.717) is 6.07 Å². The van der Waals surface area contributed by atoms with Crippen LogP contribution in [0, 0.1) is 0 Å². The molecule has 0 saturated heterocycles. The van der Waals surface area contributed by atoms with Gasteiger partial charge in [-0.1, -0.05) is 25.4 Å². The summed E-state index contributed by atoms with van der Waals surface area (Å²) in [6.45, 7) is 5.47. The van der Waals surface area contributed by atoms with Gasteiger partial charge in [-0.2, -0.15) is 13.2 Å². The van der Waals surface area contributed by atoms with Crippen LogP contribution in [0.2, 0.25) is 5.02 Å². The highest BCUT2D eigenvalue weighted by Gasteiger charge is 2.33. The van der Waals surface area contributed by atoms with Crippen LogP contribution in [0.15, 0.2) is 10.9 Å². The average molecular weight is 300 g/mol. The van der Waals surface area contributed by atoms with Crippen LogP contribution in [0.4, 0.5) is 13.2 Å². The van der Waals surface area contributed by atoms with E-state index in [1.54, 1.807) is 0 Å². The second-order valence-electron chi connectivity index (χ2n) is 2.95. The van der Waals surface area contributed by atoms with Crippen LogP contribution in [0.1, 0.15) is 36.8 Å². The van der Waals surface area contributed by atoms with Gasteiger partial charge in [-0.15, -0.1) is 0 Å². The summed E-state index contributed by atoms with van der Waals surface area (Å²) >= 11 is 5.45. The molecule has 19 heavy (non-hydrogen) atoms. The molecule has 0 spiro atoms. The first-order valence-electron chi connectivity index (χ1n) is 5.44. The molecule has 1 heterocycles. The van der Waals surface area contributed by atoms with Gasteiger partial charge >= 0.3 is 12.1 Å². The fraction of sp³-hybridized carbons (Fsp3) is 0.455.